The maximum atomic E-state index is 11.1. The SMILES string of the molecule is COC(=O)CCc1ccc(OCCc2cc3ccccc3[nH]2)cc1. The number of carbonyl (C=O) groups is 1. The molecule has 0 radical (unpaired) electrons. The first-order chi connectivity index (χ1) is 11.7. The lowest BCUT2D eigenvalue weighted by atomic mass is 10.1. The number of aryl methyl sites for hydroxylation is 1. The Balaban J connectivity index is 1.48. The number of ether oxygens (including phenoxy) is 2. The molecule has 0 unspecified atom stereocenters. The first-order valence-electron chi connectivity index (χ1n) is 8.10. The molecule has 0 atom stereocenters. The molecule has 0 fully saturated rings. The van der Waals surface area contributed by atoms with E-state index in [1.54, 1.807) is 0 Å². The number of aromatic nitrogens is 1. The lowest BCUT2D eigenvalue weighted by molar-refractivity contribution is -0.140. The lowest BCUT2D eigenvalue weighted by Gasteiger charge is -2.06. The first kappa shape index (κ1) is 16.1. The van der Waals surface area contributed by atoms with Crippen molar-refractivity contribution in [3.05, 3.63) is 65.9 Å². The highest BCUT2D eigenvalue weighted by atomic mass is 16.5. The summed E-state index contributed by atoms with van der Waals surface area (Å²) in [5, 5.41) is 1.22. The second-order valence-corrected chi connectivity index (χ2v) is 5.70. The van der Waals surface area contributed by atoms with Crippen LogP contribution in [0.25, 0.3) is 10.9 Å². The van der Waals surface area contributed by atoms with E-state index in [4.69, 9.17) is 4.74 Å². The Morgan fingerprint density at radius 3 is 2.58 bits per heavy atom. The molecule has 24 heavy (non-hydrogen) atoms. The molecule has 1 heterocycles. The largest absolute Gasteiger partial charge is 0.493 e. The van der Waals surface area contributed by atoms with Crippen LogP contribution in [-0.4, -0.2) is 24.7 Å². The molecular formula is C20H21NO3. The van der Waals surface area contributed by atoms with Crippen LogP contribution in [0.3, 0.4) is 0 Å². The van der Waals surface area contributed by atoms with Crippen LogP contribution in [0.1, 0.15) is 17.7 Å². The number of methoxy groups -OCH3 is 1. The number of carbonyl (C=O) groups excluding carboxylic acids is 1. The molecular weight excluding hydrogens is 302 g/mol. The monoisotopic (exact) mass is 323 g/mol. The Bertz CT molecular complexity index is 772. The van der Waals surface area contributed by atoms with Gasteiger partial charge in [-0.1, -0.05) is 30.3 Å². The highest BCUT2D eigenvalue weighted by Crippen LogP contribution is 2.17. The van der Waals surface area contributed by atoms with Crippen molar-refractivity contribution in [1.82, 2.24) is 4.98 Å². The number of aromatic amines is 1. The number of nitrogens with one attached hydrogen (secondary N) is 1. The number of esters is 1. The molecule has 0 aliphatic heterocycles. The molecule has 3 rings (SSSR count). The topological polar surface area (TPSA) is 51.3 Å². The van der Waals surface area contributed by atoms with E-state index >= 15 is 0 Å². The van der Waals surface area contributed by atoms with Gasteiger partial charge in [-0.3, -0.25) is 4.79 Å². The Morgan fingerprint density at radius 2 is 1.83 bits per heavy atom. The fraction of sp³-hybridized carbons (Fsp3) is 0.250. The molecule has 0 aliphatic carbocycles. The van der Waals surface area contributed by atoms with Gasteiger partial charge in [0.25, 0.3) is 0 Å². The number of para-hydroxylation sites is 1. The molecule has 4 nitrogen and oxygen atoms in total. The van der Waals surface area contributed by atoms with E-state index in [1.165, 1.54) is 18.2 Å². The van der Waals surface area contributed by atoms with Crippen LogP contribution in [0.2, 0.25) is 0 Å². The third kappa shape index (κ3) is 4.16. The van der Waals surface area contributed by atoms with Crippen LogP contribution in [0.15, 0.2) is 54.6 Å². The third-order valence-corrected chi connectivity index (χ3v) is 3.99. The van der Waals surface area contributed by atoms with Gasteiger partial charge in [0.05, 0.1) is 13.7 Å². The fourth-order valence-electron chi connectivity index (χ4n) is 2.65. The predicted octanol–water partition coefficient (Wildman–Crippen LogP) is 3.90. The van der Waals surface area contributed by atoms with Gasteiger partial charge >= 0.3 is 5.97 Å². The van der Waals surface area contributed by atoms with Gasteiger partial charge in [0, 0.05) is 24.1 Å². The maximum absolute atomic E-state index is 11.1. The second kappa shape index (κ2) is 7.68. The molecule has 0 bridgehead atoms. The van der Waals surface area contributed by atoms with Crippen molar-refractivity contribution in [2.24, 2.45) is 0 Å². The van der Waals surface area contributed by atoms with E-state index < -0.39 is 0 Å². The molecule has 0 spiro atoms. The summed E-state index contributed by atoms with van der Waals surface area (Å²) in [7, 11) is 1.41. The van der Waals surface area contributed by atoms with Gasteiger partial charge in [-0.05, 0) is 41.6 Å². The van der Waals surface area contributed by atoms with Crippen molar-refractivity contribution < 1.29 is 14.3 Å². The number of benzene rings is 2. The zero-order valence-corrected chi connectivity index (χ0v) is 13.7. The third-order valence-electron chi connectivity index (χ3n) is 3.99. The minimum atomic E-state index is -0.186. The summed E-state index contributed by atoms with van der Waals surface area (Å²) >= 11 is 0. The van der Waals surface area contributed by atoms with E-state index in [0.717, 1.165) is 23.3 Å². The lowest BCUT2D eigenvalue weighted by Crippen LogP contribution is -2.03. The van der Waals surface area contributed by atoms with E-state index in [0.29, 0.717) is 19.4 Å². The van der Waals surface area contributed by atoms with Gasteiger partial charge < -0.3 is 14.5 Å². The Labute approximate surface area is 141 Å². The van der Waals surface area contributed by atoms with Gasteiger partial charge in [-0.15, -0.1) is 0 Å². The predicted molar refractivity (Wildman–Crippen MR) is 94.3 cm³/mol. The van der Waals surface area contributed by atoms with Crippen molar-refractivity contribution in [1.29, 1.82) is 0 Å². The Morgan fingerprint density at radius 1 is 1.04 bits per heavy atom. The van der Waals surface area contributed by atoms with Gasteiger partial charge in [0.1, 0.15) is 5.75 Å². The minimum absolute atomic E-state index is 0.186. The molecule has 0 saturated carbocycles. The van der Waals surface area contributed by atoms with Gasteiger partial charge in [-0.25, -0.2) is 0 Å². The molecule has 124 valence electrons. The van der Waals surface area contributed by atoms with Gasteiger partial charge in [-0.2, -0.15) is 0 Å². The Hall–Kier alpha value is -2.75. The van der Waals surface area contributed by atoms with Crippen molar-refractivity contribution in [2.75, 3.05) is 13.7 Å². The normalized spacial score (nSPS) is 10.7. The zero-order chi connectivity index (χ0) is 16.8. The fourth-order valence-corrected chi connectivity index (χ4v) is 2.65. The maximum Gasteiger partial charge on any atom is 0.305 e. The first-order valence-corrected chi connectivity index (χ1v) is 8.10. The Kier molecular flexibility index (Phi) is 5.16. The summed E-state index contributed by atoms with van der Waals surface area (Å²) in [6.45, 7) is 0.619. The standard InChI is InChI=1S/C20H21NO3/c1-23-20(22)11-8-15-6-9-18(10-7-15)24-13-12-17-14-16-4-2-3-5-19(16)21-17/h2-7,9-10,14,21H,8,11-13H2,1H3. The molecule has 4 heteroatoms. The highest BCUT2D eigenvalue weighted by molar-refractivity contribution is 5.80. The molecule has 2 aromatic carbocycles. The van der Waals surface area contributed by atoms with Crippen LogP contribution in [0.5, 0.6) is 5.75 Å². The summed E-state index contributed by atoms with van der Waals surface area (Å²) in [6.07, 6.45) is 1.91. The molecule has 1 N–H and O–H groups in total. The molecule has 1 aromatic heterocycles. The smallest absolute Gasteiger partial charge is 0.305 e. The number of hydrogen-bond donors (Lipinski definition) is 1. The molecule has 0 amide bonds. The van der Waals surface area contributed by atoms with Crippen molar-refractivity contribution in [2.45, 2.75) is 19.3 Å². The van der Waals surface area contributed by atoms with E-state index in [2.05, 4.69) is 27.9 Å². The quantitative estimate of drug-likeness (QED) is 0.671. The summed E-state index contributed by atoms with van der Waals surface area (Å²) in [6, 6.07) is 18.3. The van der Waals surface area contributed by atoms with E-state index in [1.807, 2.05) is 36.4 Å². The second-order valence-electron chi connectivity index (χ2n) is 5.70. The average Bonchev–Trinajstić information content (AvgIpc) is 3.03. The van der Waals surface area contributed by atoms with Crippen LogP contribution in [0, 0.1) is 0 Å². The van der Waals surface area contributed by atoms with Crippen LogP contribution >= 0.6 is 0 Å². The van der Waals surface area contributed by atoms with Crippen molar-refractivity contribution in [3.63, 3.8) is 0 Å². The summed E-state index contributed by atoms with van der Waals surface area (Å²) < 4.78 is 10.4. The van der Waals surface area contributed by atoms with Crippen molar-refractivity contribution >= 4 is 16.9 Å². The summed E-state index contributed by atoms with van der Waals surface area (Å²) in [5.74, 6) is 0.654. The zero-order valence-electron chi connectivity index (χ0n) is 13.7. The molecule has 3 aromatic rings. The summed E-state index contributed by atoms with van der Waals surface area (Å²) in [5.41, 5.74) is 3.43. The minimum Gasteiger partial charge on any atom is -0.493 e. The average molecular weight is 323 g/mol. The van der Waals surface area contributed by atoms with E-state index in [-0.39, 0.29) is 5.97 Å². The van der Waals surface area contributed by atoms with Crippen LogP contribution in [0.4, 0.5) is 0 Å². The number of H-pyrrole nitrogens is 1. The van der Waals surface area contributed by atoms with Gasteiger partial charge in [0.15, 0.2) is 0 Å². The van der Waals surface area contributed by atoms with Crippen LogP contribution in [-0.2, 0) is 22.4 Å². The van der Waals surface area contributed by atoms with E-state index in [9.17, 15) is 4.79 Å². The molecule has 0 aliphatic rings. The highest BCUT2D eigenvalue weighted by Gasteiger charge is 2.03. The number of rotatable bonds is 7. The number of fused-ring (bicyclic) bond motifs is 1. The van der Waals surface area contributed by atoms with Crippen LogP contribution < -0.4 is 4.74 Å². The molecule has 0 saturated heterocycles. The van der Waals surface area contributed by atoms with Crippen molar-refractivity contribution in [3.8, 4) is 5.75 Å². The van der Waals surface area contributed by atoms with Gasteiger partial charge in [0.2, 0.25) is 0 Å². The number of hydrogen-bond acceptors (Lipinski definition) is 3. The summed E-state index contributed by atoms with van der Waals surface area (Å²) in [4.78, 5) is 14.5.